The monoisotopic (exact) mass is 401 g/mol. The molecule has 0 aliphatic carbocycles. The van der Waals surface area contributed by atoms with Gasteiger partial charge in [0.25, 0.3) is 5.91 Å². The van der Waals surface area contributed by atoms with Gasteiger partial charge in [-0.25, -0.2) is 4.79 Å². The Hall–Kier alpha value is -3.42. The minimum absolute atomic E-state index is 0.0373. The normalized spacial score (nSPS) is 10.3. The van der Waals surface area contributed by atoms with Gasteiger partial charge in [-0.3, -0.25) is 4.79 Å². The Morgan fingerprint density at radius 1 is 0.931 bits per heavy atom. The number of amides is 3. The zero-order chi connectivity index (χ0) is 21.4. The average Bonchev–Trinajstić information content (AvgIpc) is 2.70. The molecule has 0 heterocycles. The SMILES string of the molecule is COc1cc(CNC(=O)c2ccc(NC(=O)NC(C)C)cc2)cc(OC)c1OC. The lowest BCUT2D eigenvalue weighted by Crippen LogP contribution is -2.34. The molecule has 2 aromatic rings. The van der Waals surface area contributed by atoms with Crippen LogP contribution in [-0.2, 0) is 6.54 Å². The molecular formula is C21H27N3O5. The Morgan fingerprint density at radius 3 is 2.00 bits per heavy atom. The van der Waals surface area contributed by atoms with Crippen molar-refractivity contribution in [1.29, 1.82) is 0 Å². The van der Waals surface area contributed by atoms with Crippen LogP contribution < -0.4 is 30.2 Å². The van der Waals surface area contributed by atoms with Crippen LogP contribution in [0.2, 0.25) is 0 Å². The lowest BCUT2D eigenvalue weighted by atomic mass is 10.1. The van der Waals surface area contributed by atoms with Gasteiger partial charge in [0, 0.05) is 23.8 Å². The molecule has 2 rings (SSSR count). The number of urea groups is 1. The highest BCUT2D eigenvalue weighted by atomic mass is 16.5. The van der Waals surface area contributed by atoms with Gasteiger partial charge in [0.05, 0.1) is 21.3 Å². The minimum atomic E-state index is -0.292. The number of carbonyl (C=O) groups is 2. The van der Waals surface area contributed by atoms with Crippen molar-refractivity contribution < 1.29 is 23.8 Å². The average molecular weight is 401 g/mol. The van der Waals surface area contributed by atoms with E-state index in [1.54, 1.807) is 36.4 Å². The van der Waals surface area contributed by atoms with Crippen LogP contribution in [0.3, 0.4) is 0 Å². The first-order valence-corrected chi connectivity index (χ1v) is 9.12. The van der Waals surface area contributed by atoms with Gasteiger partial charge < -0.3 is 30.2 Å². The van der Waals surface area contributed by atoms with Crippen LogP contribution in [0.25, 0.3) is 0 Å². The molecule has 8 heteroatoms. The number of carbonyl (C=O) groups excluding carboxylic acids is 2. The van der Waals surface area contributed by atoms with E-state index in [4.69, 9.17) is 14.2 Å². The highest BCUT2D eigenvalue weighted by Crippen LogP contribution is 2.38. The molecule has 0 aromatic heterocycles. The summed E-state index contributed by atoms with van der Waals surface area (Å²) in [6.45, 7) is 4.04. The van der Waals surface area contributed by atoms with E-state index in [1.165, 1.54) is 21.3 Å². The molecule has 0 atom stereocenters. The Morgan fingerprint density at radius 2 is 1.52 bits per heavy atom. The van der Waals surface area contributed by atoms with Crippen molar-refractivity contribution in [3.8, 4) is 17.2 Å². The lowest BCUT2D eigenvalue weighted by Gasteiger charge is -2.14. The third-order valence-corrected chi connectivity index (χ3v) is 4.00. The third-order valence-electron chi connectivity index (χ3n) is 4.00. The Balaban J connectivity index is 2.01. The van der Waals surface area contributed by atoms with Gasteiger partial charge in [-0.1, -0.05) is 0 Å². The summed E-state index contributed by atoms with van der Waals surface area (Å²) in [6, 6.07) is 9.95. The van der Waals surface area contributed by atoms with Gasteiger partial charge in [-0.15, -0.1) is 0 Å². The maximum absolute atomic E-state index is 12.4. The van der Waals surface area contributed by atoms with Crippen LogP contribution in [0.1, 0.15) is 29.8 Å². The van der Waals surface area contributed by atoms with Crippen LogP contribution in [0.15, 0.2) is 36.4 Å². The molecule has 29 heavy (non-hydrogen) atoms. The van der Waals surface area contributed by atoms with E-state index in [9.17, 15) is 9.59 Å². The molecule has 3 N–H and O–H groups in total. The molecule has 0 saturated carbocycles. The second-order valence-electron chi connectivity index (χ2n) is 6.55. The Kier molecular flexibility index (Phi) is 7.70. The van der Waals surface area contributed by atoms with E-state index < -0.39 is 0 Å². The summed E-state index contributed by atoms with van der Waals surface area (Å²) in [4.78, 5) is 24.2. The molecule has 0 unspecified atom stereocenters. The number of methoxy groups -OCH3 is 3. The van der Waals surface area contributed by atoms with E-state index in [2.05, 4.69) is 16.0 Å². The lowest BCUT2D eigenvalue weighted by molar-refractivity contribution is 0.0951. The van der Waals surface area contributed by atoms with E-state index >= 15 is 0 Å². The topological polar surface area (TPSA) is 97.9 Å². The fourth-order valence-electron chi connectivity index (χ4n) is 2.66. The van der Waals surface area contributed by atoms with Crippen molar-refractivity contribution in [2.45, 2.75) is 26.4 Å². The van der Waals surface area contributed by atoms with E-state index in [1.807, 2.05) is 13.8 Å². The second kappa shape index (κ2) is 10.2. The first-order chi connectivity index (χ1) is 13.9. The van der Waals surface area contributed by atoms with Crippen LogP contribution in [0.4, 0.5) is 10.5 Å². The van der Waals surface area contributed by atoms with Gasteiger partial charge in [0.1, 0.15) is 0 Å². The van der Waals surface area contributed by atoms with Crippen molar-refractivity contribution in [2.75, 3.05) is 26.6 Å². The van der Waals surface area contributed by atoms with Gasteiger partial charge in [0.15, 0.2) is 11.5 Å². The smallest absolute Gasteiger partial charge is 0.319 e. The summed E-state index contributed by atoms with van der Waals surface area (Å²) >= 11 is 0. The fourth-order valence-corrected chi connectivity index (χ4v) is 2.66. The minimum Gasteiger partial charge on any atom is -0.493 e. The summed E-state index contributed by atoms with van der Waals surface area (Å²) in [5.41, 5.74) is 1.88. The molecule has 0 bridgehead atoms. The van der Waals surface area contributed by atoms with E-state index in [0.29, 0.717) is 28.5 Å². The molecule has 0 aliphatic rings. The largest absolute Gasteiger partial charge is 0.493 e. The first kappa shape index (κ1) is 21.9. The number of anilines is 1. The van der Waals surface area contributed by atoms with Gasteiger partial charge in [0.2, 0.25) is 5.75 Å². The van der Waals surface area contributed by atoms with Crippen molar-refractivity contribution in [1.82, 2.24) is 10.6 Å². The van der Waals surface area contributed by atoms with Crippen molar-refractivity contribution in [3.63, 3.8) is 0 Å². The molecule has 156 valence electrons. The van der Waals surface area contributed by atoms with Gasteiger partial charge in [-0.2, -0.15) is 0 Å². The molecule has 0 radical (unpaired) electrons. The van der Waals surface area contributed by atoms with Crippen molar-refractivity contribution in [3.05, 3.63) is 47.5 Å². The molecule has 0 fully saturated rings. The highest BCUT2D eigenvalue weighted by molar-refractivity contribution is 5.95. The summed E-state index contributed by atoms with van der Waals surface area (Å²) in [5.74, 6) is 1.30. The molecule has 0 aliphatic heterocycles. The zero-order valence-corrected chi connectivity index (χ0v) is 17.3. The molecule has 2 aromatic carbocycles. The molecule has 8 nitrogen and oxygen atoms in total. The predicted molar refractivity (Wildman–Crippen MR) is 111 cm³/mol. The van der Waals surface area contributed by atoms with Gasteiger partial charge >= 0.3 is 6.03 Å². The third kappa shape index (κ3) is 6.03. The van der Waals surface area contributed by atoms with Gasteiger partial charge in [-0.05, 0) is 55.8 Å². The Labute approximate surface area is 170 Å². The quantitative estimate of drug-likeness (QED) is 0.631. The predicted octanol–water partition coefficient (Wildman–Crippen LogP) is 3.17. The fraction of sp³-hybridized carbons (Fsp3) is 0.333. The number of nitrogens with one attached hydrogen (secondary N) is 3. The van der Waals surface area contributed by atoms with Crippen LogP contribution in [0, 0.1) is 0 Å². The maximum Gasteiger partial charge on any atom is 0.319 e. The van der Waals surface area contributed by atoms with E-state index in [0.717, 1.165) is 5.56 Å². The summed E-state index contributed by atoms with van der Waals surface area (Å²) in [6.07, 6.45) is 0. The highest BCUT2D eigenvalue weighted by Gasteiger charge is 2.14. The number of rotatable bonds is 8. The number of hydrogen-bond donors (Lipinski definition) is 3. The van der Waals surface area contributed by atoms with Crippen LogP contribution in [0.5, 0.6) is 17.2 Å². The standard InChI is InChI=1S/C21H27N3O5/c1-13(2)23-21(26)24-16-8-6-15(7-9-16)20(25)22-12-14-10-17(27-3)19(29-5)18(11-14)28-4/h6-11,13H,12H2,1-5H3,(H,22,25)(H2,23,24,26). The molecular weight excluding hydrogens is 374 g/mol. The summed E-state index contributed by atoms with van der Waals surface area (Å²) in [7, 11) is 4.61. The second-order valence-corrected chi connectivity index (χ2v) is 6.55. The molecule has 0 spiro atoms. The zero-order valence-electron chi connectivity index (χ0n) is 17.3. The van der Waals surface area contributed by atoms with Crippen molar-refractivity contribution in [2.24, 2.45) is 0 Å². The van der Waals surface area contributed by atoms with Crippen molar-refractivity contribution >= 4 is 17.6 Å². The summed E-state index contributed by atoms with van der Waals surface area (Å²) < 4.78 is 15.9. The number of ether oxygens (including phenoxy) is 3. The first-order valence-electron chi connectivity index (χ1n) is 9.12. The van der Waals surface area contributed by atoms with E-state index in [-0.39, 0.29) is 24.5 Å². The number of hydrogen-bond acceptors (Lipinski definition) is 5. The molecule has 3 amide bonds. The summed E-state index contributed by atoms with van der Waals surface area (Å²) in [5, 5.41) is 8.30. The number of benzene rings is 2. The van der Waals surface area contributed by atoms with Crippen LogP contribution in [-0.4, -0.2) is 39.3 Å². The van der Waals surface area contributed by atoms with Crippen LogP contribution >= 0.6 is 0 Å². The Bertz CT molecular complexity index is 825. The molecule has 0 saturated heterocycles. The maximum atomic E-state index is 12.4.